The van der Waals surface area contributed by atoms with Crippen molar-refractivity contribution in [1.82, 2.24) is 4.90 Å². The number of thiophene rings is 1. The van der Waals surface area contributed by atoms with Gasteiger partial charge in [-0.25, -0.2) is 4.79 Å². The molecule has 0 amide bonds. The molecule has 0 bridgehead atoms. The molecule has 20 heavy (non-hydrogen) atoms. The Morgan fingerprint density at radius 3 is 2.75 bits per heavy atom. The molecule has 1 saturated carbocycles. The van der Waals surface area contributed by atoms with Gasteiger partial charge in [-0.15, -0.1) is 11.3 Å². The van der Waals surface area contributed by atoms with Gasteiger partial charge in [-0.1, -0.05) is 6.92 Å². The summed E-state index contributed by atoms with van der Waals surface area (Å²) in [7, 11) is 2.20. The lowest BCUT2D eigenvalue weighted by atomic mass is 9.87. The van der Waals surface area contributed by atoms with Gasteiger partial charge >= 0.3 is 5.97 Å². The number of rotatable bonds is 5. The minimum absolute atomic E-state index is 0.700. The van der Waals surface area contributed by atoms with Crippen LogP contribution < -0.4 is 0 Å². The standard InChI is InChI=1S/C16H23NO2S/c1-12-3-5-13(6-4-12)17(2)11-15-8-7-14(20-15)9-10-16(18)19/h7-10,12-13H,3-6,11H2,1-2H3,(H,18,19). The molecule has 110 valence electrons. The molecule has 3 nitrogen and oxygen atoms in total. The van der Waals surface area contributed by atoms with E-state index in [4.69, 9.17) is 5.11 Å². The smallest absolute Gasteiger partial charge is 0.328 e. The minimum Gasteiger partial charge on any atom is -0.478 e. The van der Waals surface area contributed by atoms with E-state index >= 15 is 0 Å². The van der Waals surface area contributed by atoms with Crippen LogP contribution in [0.15, 0.2) is 18.2 Å². The summed E-state index contributed by atoms with van der Waals surface area (Å²) in [6.45, 7) is 3.31. The second-order valence-corrected chi connectivity index (χ2v) is 7.00. The van der Waals surface area contributed by atoms with E-state index in [-0.39, 0.29) is 0 Å². The summed E-state index contributed by atoms with van der Waals surface area (Å²) >= 11 is 1.68. The molecule has 0 unspecified atom stereocenters. The van der Waals surface area contributed by atoms with Crippen LogP contribution in [0.3, 0.4) is 0 Å². The fourth-order valence-corrected chi connectivity index (χ4v) is 3.76. The van der Waals surface area contributed by atoms with Crippen molar-refractivity contribution >= 4 is 23.4 Å². The van der Waals surface area contributed by atoms with Crippen LogP contribution in [0.2, 0.25) is 0 Å². The van der Waals surface area contributed by atoms with E-state index in [1.165, 1.54) is 36.6 Å². The van der Waals surface area contributed by atoms with Crippen molar-refractivity contribution in [2.24, 2.45) is 5.92 Å². The second-order valence-electron chi connectivity index (χ2n) is 5.80. The Bertz CT molecular complexity index is 473. The Balaban J connectivity index is 1.88. The van der Waals surface area contributed by atoms with E-state index in [1.54, 1.807) is 17.4 Å². The molecule has 1 aliphatic carbocycles. The van der Waals surface area contributed by atoms with Gasteiger partial charge in [0.25, 0.3) is 0 Å². The van der Waals surface area contributed by atoms with Gasteiger partial charge in [0.15, 0.2) is 0 Å². The Labute approximate surface area is 124 Å². The first kappa shape index (κ1) is 15.3. The SMILES string of the molecule is CC1CCC(N(C)Cc2ccc(C=CC(=O)O)s2)CC1. The third-order valence-corrected chi connectivity index (χ3v) is 5.12. The zero-order valence-electron chi connectivity index (χ0n) is 12.2. The van der Waals surface area contributed by atoms with Gasteiger partial charge in [0, 0.05) is 28.4 Å². The van der Waals surface area contributed by atoms with Crippen LogP contribution in [0.5, 0.6) is 0 Å². The van der Waals surface area contributed by atoms with Gasteiger partial charge < -0.3 is 5.11 Å². The van der Waals surface area contributed by atoms with E-state index in [2.05, 4.69) is 24.9 Å². The first-order valence-corrected chi connectivity index (χ1v) is 8.06. The molecule has 1 aromatic heterocycles. The highest BCUT2D eigenvalue weighted by Gasteiger charge is 2.21. The lowest BCUT2D eigenvalue weighted by molar-refractivity contribution is -0.131. The molecule has 1 fully saturated rings. The number of aliphatic carboxylic acids is 1. The van der Waals surface area contributed by atoms with Crippen LogP contribution in [0.25, 0.3) is 6.08 Å². The van der Waals surface area contributed by atoms with Gasteiger partial charge in [0.05, 0.1) is 0 Å². The third-order valence-electron chi connectivity index (χ3n) is 4.09. The Morgan fingerprint density at radius 2 is 2.10 bits per heavy atom. The van der Waals surface area contributed by atoms with E-state index < -0.39 is 5.97 Å². The molecule has 0 aliphatic heterocycles. The lowest BCUT2D eigenvalue weighted by Gasteiger charge is -2.33. The van der Waals surface area contributed by atoms with Gasteiger partial charge in [-0.3, -0.25) is 4.90 Å². The molecule has 1 N–H and O–H groups in total. The van der Waals surface area contributed by atoms with Gasteiger partial charge in [-0.2, -0.15) is 0 Å². The van der Waals surface area contributed by atoms with Crippen molar-refractivity contribution in [2.75, 3.05) is 7.05 Å². The van der Waals surface area contributed by atoms with Crippen LogP contribution in [0.1, 0.15) is 42.4 Å². The zero-order chi connectivity index (χ0) is 14.5. The second kappa shape index (κ2) is 7.04. The molecular formula is C16H23NO2S. The summed E-state index contributed by atoms with van der Waals surface area (Å²) in [4.78, 5) is 15.3. The maximum Gasteiger partial charge on any atom is 0.328 e. The number of hydrogen-bond donors (Lipinski definition) is 1. The third kappa shape index (κ3) is 4.46. The van der Waals surface area contributed by atoms with Gasteiger partial charge in [0.1, 0.15) is 0 Å². The Kier molecular flexibility index (Phi) is 5.38. The topological polar surface area (TPSA) is 40.5 Å². The molecule has 0 radical (unpaired) electrons. The average molecular weight is 293 g/mol. The molecule has 1 heterocycles. The number of carboxylic acid groups (broad SMARTS) is 1. The molecular weight excluding hydrogens is 270 g/mol. The van der Waals surface area contributed by atoms with Crippen LogP contribution in [0, 0.1) is 5.92 Å². The van der Waals surface area contributed by atoms with Crippen LogP contribution >= 0.6 is 11.3 Å². The van der Waals surface area contributed by atoms with Crippen molar-refractivity contribution in [3.8, 4) is 0 Å². The maximum absolute atomic E-state index is 10.5. The first-order valence-electron chi connectivity index (χ1n) is 7.24. The van der Waals surface area contributed by atoms with E-state index in [0.717, 1.165) is 17.3 Å². The van der Waals surface area contributed by atoms with Crippen molar-refractivity contribution in [2.45, 2.75) is 45.2 Å². The molecule has 0 atom stereocenters. The highest BCUT2D eigenvalue weighted by molar-refractivity contribution is 7.12. The number of carbonyl (C=O) groups is 1. The number of nitrogens with zero attached hydrogens (tertiary/aromatic N) is 1. The Morgan fingerprint density at radius 1 is 1.40 bits per heavy atom. The minimum atomic E-state index is -0.895. The van der Waals surface area contributed by atoms with Crippen molar-refractivity contribution in [3.05, 3.63) is 28.0 Å². The molecule has 1 aromatic rings. The summed E-state index contributed by atoms with van der Waals surface area (Å²) in [6.07, 6.45) is 8.14. The summed E-state index contributed by atoms with van der Waals surface area (Å²) < 4.78 is 0. The van der Waals surface area contributed by atoms with Crippen LogP contribution in [-0.2, 0) is 11.3 Å². The van der Waals surface area contributed by atoms with Crippen molar-refractivity contribution < 1.29 is 9.90 Å². The molecule has 1 aliphatic rings. The predicted octanol–water partition coefficient (Wildman–Crippen LogP) is 3.86. The number of carboxylic acids is 1. The highest BCUT2D eigenvalue weighted by atomic mass is 32.1. The maximum atomic E-state index is 10.5. The molecule has 2 rings (SSSR count). The fraction of sp³-hybridized carbons (Fsp3) is 0.562. The number of hydrogen-bond acceptors (Lipinski definition) is 3. The van der Waals surface area contributed by atoms with E-state index in [0.29, 0.717) is 6.04 Å². The molecule has 0 spiro atoms. The van der Waals surface area contributed by atoms with E-state index in [9.17, 15) is 4.79 Å². The van der Waals surface area contributed by atoms with Crippen molar-refractivity contribution in [3.63, 3.8) is 0 Å². The first-order chi connectivity index (χ1) is 9.54. The normalized spacial score (nSPS) is 23.6. The molecule has 0 saturated heterocycles. The van der Waals surface area contributed by atoms with Crippen LogP contribution in [-0.4, -0.2) is 29.1 Å². The average Bonchev–Trinajstić information content (AvgIpc) is 2.84. The summed E-state index contributed by atoms with van der Waals surface area (Å²) in [6, 6.07) is 4.80. The van der Waals surface area contributed by atoms with Gasteiger partial charge in [-0.05, 0) is 56.9 Å². The summed E-state index contributed by atoms with van der Waals surface area (Å²) in [5.74, 6) is -0.0115. The summed E-state index contributed by atoms with van der Waals surface area (Å²) in [5.41, 5.74) is 0. The lowest BCUT2D eigenvalue weighted by Crippen LogP contribution is -2.34. The summed E-state index contributed by atoms with van der Waals surface area (Å²) in [5, 5.41) is 8.63. The molecule has 4 heteroatoms. The fourth-order valence-electron chi connectivity index (χ4n) is 2.78. The monoisotopic (exact) mass is 293 g/mol. The van der Waals surface area contributed by atoms with Crippen LogP contribution in [0.4, 0.5) is 0 Å². The highest BCUT2D eigenvalue weighted by Crippen LogP contribution is 2.28. The molecule has 0 aromatic carbocycles. The largest absolute Gasteiger partial charge is 0.478 e. The quantitative estimate of drug-likeness (QED) is 0.838. The van der Waals surface area contributed by atoms with Gasteiger partial charge in [0.2, 0.25) is 0 Å². The zero-order valence-corrected chi connectivity index (χ0v) is 13.0. The predicted molar refractivity (Wildman–Crippen MR) is 83.9 cm³/mol. The van der Waals surface area contributed by atoms with E-state index in [1.807, 2.05) is 6.07 Å². The van der Waals surface area contributed by atoms with Crippen molar-refractivity contribution in [1.29, 1.82) is 0 Å². The Hall–Kier alpha value is -1.13.